The molecule has 0 saturated carbocycles. The molecule has 0 saturated heterocycles. The molecule has 106 valence electrons. The van der Waals surface area contributed by atoms with E-state index in [1.807, 2.05) is 42.5 Å². The minimum absolute atomic E-state index is 0.229. The Morgan fingerprint density at radius 3 is 2.30 bits per heavy atom. The molecule has 2 nitrogen and oxygen atoms in total. The van der Waals surface area contributed by atoms with Crippen LogP contribution in [0.1, 0.15) is 31.0 Å². The number of hydrogen-bond acceptors (Lipinski definition) is 2. The van der Waals surface area contributed by atoms with Crippen LogP contribution in [0.5, 0.6) is 5.75 Å². The lowest BCUT2D eigenvalue weighted by Crippen LogP contribution is -2.25. The summed E-state index contributed by atoms with van der Waals surface area (Å²) in [5.74, 6) is 0.778. The lowest BCUT2D eigenvalue weighted by Gasteiger charge is -2.23. The molecular formula is C17H20ClNO. The van der Waals surface area contributed by atoms with Gasteiger partial charge in [-0.2, -0.15) is 0 Å². The van der Waals surface area contributed by atoms with Crippen LogP contribution in [0.25, 0.3) is 0 Å². The normalized spacial score (nSPS) is 12.6. The van der Waals surface area contributed by atoms with Gasteiger partial charge in [-0.25, -0.2) is 0 Å². The molecule has 3 heteroatoms. The van der Waals surface area contributed by atoms with E-state index in [9.17, 15) is 5.11 Å². The van der Waals surface area contributed by atoms with Crippen molar-refractivity contribution in [1.82, 2.24) is 5.32 Å². The zero-order valence-corrected chi connectivity index (χ0v) is 12.6. The van der Waals surface area contributed by atoms with Crippen molar-refractivity contribution in [3.8, 4) is 5.75 Å². The summed E-state index contributed by atoms with van der Waals surface area (Å²) >= 11 is 5.94. The number of hydrogen-bond donors (Lipinski definition) is 2. The summed E-state index contributed by atoms with van der Waals surface area (Å²) in [6, 6.07) is 15.6. The first-order valence-corrected chi connectivity index (χ1v) is 7.21. The Kier molecular flexibility index (Phi) is 5.05. The monoisotopic (exact) mass is 289 g/mol. The van der Waals surface area contributed by atoms with E-state index in [1.165, 1.54) is 5.56 Å². The van der Waals surface area contributed by atoms with E-state index in [0.717, 1.165) is 10.6 Å². The quantitative estimate of drug-likeness (QED) is 0.847. The number of phenols is 1. The van der Waals surface area contributed by atoms with Gasteiger partial charge in [-0.3, -0.25) is 0 Å². The molecular weight excluding hydrogens is 270 g/mol. The van der Waals surface area contributed by atoms with E-state index in [1.54, 1.807) is 6.07 Å². The number of nitrogens with one attached hydrogen (secondary N) is 1. The average molecular weight is 290 g/mol. The van der Waals surface area contributed by atoms with Crippen LogP contribution in [0.2, 0.25) is 5.02 Å². The van der Waals surface area contributed by atoms with Gasteiger partial charge in [0, 0.05) is 23.2 Å². The van der Waals surface area contributed by atoms with E-state index in [0.29, 0.717) is 18.2 Å². The number of para-hydroxylation sites is 1. The predicted molar refractivity (Wildman–Crippen MR) is 84.0 cm³/mol. The van der Waals surface area contributed by atoms with Gasteiger partial charge in [-0.15, -0.1) is 0 Å². The van der Waals surface area contributed by atoms with Crippen molar-refractivity contribution in [2.75, 3.05) is 0 Å². The van der Waals surface area contributed by atoms with Gasteiger partial charge in [0.2, 0.25) is 0 Å². The predicted octanol–water partition coefficient (Wildman–Crippen LogP) is 4.53. The van der Waals surface area contributed by atoms with Crippen molar-refractivity contribution in [3.05, 3.63) is 64.7 Å². The second kappa shape index (κ2) is 6.78. The highest BCUT2D eigenvalue weighted by atomic mass is 35.5. The summed E-state index contributed by atoms with van der Waals surface area (Å²) in [5, 5.41) is 14.1. The SMILES string of the molecule is CC(C)C(NCc1ccccc1O)c1ccc(Cl)cc1. The fourth-order valence-corrected chi connectivity index (χ4v) is 2.41. The molecule has 0 amide bonds. The van der Waals surface area contributed by atoms with Gasteiger partial charge in [-0.1, -0.05) is 55.8 Å². The first-order valence-electron chi connectivity index (χ1n) is 6.83. The number of benzene rings is 2. The van der Waals surface area contributed by atoms with Crippen molar-refractivity contribution in [2.24, 2.45) is 5.92 Å². The third-order valence-corrected chi connectivity index (χ3v) is 3.65. The highest BCUT2D eigenvalue weighted by Crippen LogP contribution is 2.24. The number of halogens is 1. The summed E-state index contributed by atoms with van der Waals surface area (Å²) < 4.78 is 0. The Balaban J connectivity index is 2.11. The molecule has 0 aliphatic rings. The largest absolute Gasteiger partial charge is 0.508 e. The number of aromatic hydroxyl groups is 1. The van der Waals surface area contributed by atoms with Crippen LogP contribution >= 0.6 is 11.6 Å². The lowest BCUT2D eigenvalue weighted by atomic mass is 9.96. The second-order valence-corrected chi connectivity index (χ2v) is 5.72. The standard InChI is InChI=1S/C17H20ClNO/c1-12(2)17(13-7-9-15(18)10-8-13)19-11-14-5-3-4-6-16(14)20/h3-10,12,17,19-20H,11H2,1-2H3. The zero-order valence-electron chi connectivity index (χ0n) is 11.8. The van der Waals surface area contributed by atoms with Crippen molar-refractivity contribution < 1.29 is 5.11 Å². The highest BCUT2D eigenvalue weighted by Gasteiger charge is 2.15. The summed E-state index contributed by atoms with van der Waals surface area (Å²) in [6.45, 7) is 4.99. The van der Waals surface area contributed by atoms with Crippen LogP contribution in [-0.4, -0.2) is 5.11 Å². The van der Waals surface area contributed by atoms with Crippen LogP contribution in [0.4, 0.5) is 0 Å². The molecule has 2 aromatic carbocycles. The van der Waals surface area contributed by atoms with Crippen molar-refractivity contribution in [2.45, 2.75) is 26.4 Å². The molecule has 2 N–H and O–H groups in total. The third-order valence-electron chi connectivity index (χ3n) is 3.40. The zero-order chi connectivity index (χ0) is 14.5. The topological polar surface area (TPSA) is 32.3 Å². The molecule has 0 radical (unpaired) electrons. The maximum Gasteiger partial charge on any atom is 0.120 e. The molecule has 0 heterocycles. The first-order chi connectivity index (χ1) is 9.58. The second-order valence-electron chi connectivity index (χ2n) is 5.28. The van der Waals surface area contributed by atoms with Gasteiger partial charge in [0.1, 0.15) is 5.75 Å². The summed E-state index contributed by atoms with van der Waals surface area (Å²) in [5.41, 5.74) is 2.12. The van der Waals surface area contributed by atoms with E-state index in [2.05, 4.69) is 19.2 Å². The van der Waals surface area contributed by atoms with Gasteiger partial charge in [-0.05, 0) is 29.7 Å². The molecule has 1 atom stereocenters. The molecule has 0 bridgehead atoms. The third kappa shape index (κ3) is 3.75. The van der Waals surface area contributed by atoms with Gasteiger partial charge in [0.25, 0.3) is 0 Å². The molecule has 2 rings (SSSR count). The van der Waals surface area contributed by atoms with Crippen molar-refractivity contribution >= 4 is 11.6 Å². The minimum Gasteiger partial charge on any atom is -0.508 e. The lowest BCUT2D eigenvalue weighted by molar-refractivity contribution is 0.402. The van der Waals surface area contributed by atoms with Crippen LogP contribution in [0, 0.1) is 5.92 Å². The summed E-state index contributed by atoms with van der Waals surface area (Å²) in [4.78, 5) is 0. The Morgan fingerprint density at radius 1 is 1.05 bits per heavy atom. The molecule has 0 fully saturated rings. The van der Waals surface area contributed by atoms with Gasteiger partial charge in [0.05, 0.1) is 0 Å². The smallest absolute Gasteiger partial charge is 0.120 e. The Labute approximate surface area is 125 Å². The highest BCUT2D eigenvalue weighted by molar-refractivity contribution is 6.30. The van der Waals surface area contributed by atoms with Gasteiger partial charge >= 0.3 is 0 Å². The number of rotatable bonds is 5. The summed E-state index contributed by atoms with van der Waals surface area (Å²) in [6.07, 6.45) is 0. The molecule has 1 unspecified atom stereocenters. The van der Waals surface area contributed by atoms with Gasteiger partial charge < -0.3 is 10.4 Å². The maximum absolute atomic E-state index is 9.81. The van der Waals surface area contributed by atoms with Crippen LogP contribution in [0.15, 0.2) is 48.5 Å². The fourth-order valence-electron chi connectivity index (χ4n) is 2.29. The van der Waals surface area contributed by atoms with Crippen LogP contribution in [0.3, 0.4) is 0 Å². The van der Waals surface area contributed by atoms with E-state index < -0.39 is 0 Å². The fraction of sp³-hybridized carbons (Fsp3) is 0.294. The van der Waals surface area contributed by atoms with E-state index in [-0.39, 0.29) is 6.04 Å². The Morgan fingerprint density at radius 2 is 1.70 bits per heavy atom. The Hall–Kier alpha value is -1.51. The molecule has 0 aromatic heterocycles. The van der Waals surface area contributed by atoms with E-state index >= 15 is 0 Å². The molecule has 20 heavy (non-hydrogen) atoms. The maximum atomic E-state index is 9.81. The average Bonchev–Trinajstić information content (AvgIpc) is 2.42. The first kappa shape index (κ1) is 14.9. The minimum atomic E-state index is 0.229. The van der Waals surface area contributed by atoms with Crippen LogP contribution < -0.4 is 5.32 Å². The molecule has 0 aliphatic heterocycles. The molecule has 0 spiro atoms. The Bertz CT molecular complexity index is 551. The van der Waals surface area contributed by atoms with E-state index in [4.69, 9.17) is 11.6 Å². The molecule has 0 aliphatic carbocycles. The van der Waals surface area contributed by atoms with Gasteiger partial charge in [0.15, 0.2) is 0 Å². The van der Waals surface area contributed by atoms with Crippen LogP contribution in [-0.2, 0) is 6.54 Å². The van der Waals surface area contributed by atoms with Crippen molar-refractivity contribution in [1.29, 1.82) is 0 Å². The van der Waals surface area contributed by atoms with Crippen molar-refractivity contribution in [3.63, 3.8) is 0 Å². The molecule has 2 aromatic rings. The summed E-state index contributed by atoms with van der Waals surface area (Å²) in [7, 11) is 0. The number of phenolic OH excluding ortho intramolecular Hbond substituents is 1.